The van der Waals surface area contributed by atoms with Gasteiger partial charge in [0, 0.05) is 27.3 Å². The zero-order chi connectivity index (χ0) is 21.6. The minimum atomic E-state index is -0.461. The highest BCUT2D eigenvalue weighted by molar-refractivity contribution is 14.1. The fourth-order valence-corrected chi connectivity index (χ4v) is 4.24. The summed E-state index contributed by atoms with van der Waals surface area (Å²) in [6.45, 7) is 3.02. The molecule has 0 atom stereocenters. The third-order valence-electron chi connectivity index (χ3n) is 5.61. The number of piperidine rings is 1. The number of likely N-dealkylation sites (tertiary alicyclic amines) is 1. The Kier molecular flexibility index (Phi) is 7.18. The highest BCUT2D eigenvalue weighted by Gasteiger charge is 2.25. The van der Waals surface area contributed by atoms with Gasteiger partial charge in [0.2, 0.25) is 0 Å². The maximum Gasteiger partial charge on any atom is 0.411 e. The maximum atomic E-state index is 12.7. The van der Waals surface area contributed by atoms with Crippen LogP contribution in [0, 0.1) is 9.49 Å². The number of Topliss-reactive ketones (excluding diaryl/α,β-unsaturated/α-hetero) is 1. The van der Waals surface area contributed by atoms with Crippen LogP contribution in [0.1, 0.15) is 29.6 Å². The largest absolute Gasteiger partial charge is 0.449 e. The van der Waals surface area contributed by atoms with Gasteiger partial charge < -0.3 is 14.6 Å². The quantitative estimate of drug-likeness (QED) is 0.262. The summed E-state index contributed by atoms with van der Waals surface area (Å²) in [4.78, 5) is 34.2. The third kappa shape index (κ3) is 5.82. The SMILES string of the molecule is O=C(Nc1ccc2[nH]cnc2c1)OCCCN1CCC(C(=O)c2ccc(I)cc2)CC1. The molecule has 162 valence electrons. The Balaban J connectivity index is 1.13. The summed E-state index contributed by atoms with van der Waals surface area (Å²) >= 11 is 2.25. The molecule has 8 heteroatoms. The number of carbonyl (C=O) groups is 2. The van der Waals surface area contributed by atoms with Crippen LogP contribution >= 0.6 is 22.6 Å². The molecule has 0 unspecified atom stereocenters. The van der Waals surface area contributed by atoms with Crippen LogP contribution in [0.25, 0.3) is 11.0 Å². The number of nitrogens with one attached hydrogen (secondary N) is 2. The van der Waals surface area contributed by atoms with Crippen LogP contribution in [-0.4, -0.2) is 53.0 Å². The maximum absolute atomic E-state index is 12.7. The predicted molar refractivity (Wildman–Crippen MR) is 128 cm³/mol. The Morgan fingerprint density at radius 3 is 2.71 bits per heavy atom. The number of ether oxygens (including phenoxy) is 1. The molecule has 1 saturated heterocycles. The first-order chi connectivity index (χ1) is 15.1. The third-order valence-corrected chi connectivity index (χ3v) is 6.33. The molecule has 7 nitrogen and oxygen atoms in total. The first-order valence-corrected chi connectivity index (χ1v) is 11.6. The van der Waals surface area contributed by atoms with E-state index >= 15 is 0 Å². The van der Waals surface area contributed by atoms with Crippen molar-refractivity contribution in [3.63, 3.8) is 0 Å². The summed E-state index contributed by atoms with van der Waals surface area (Å²) in [5.74, 6) is 0.356. The Hall–Kier alpha value is -2.46. The molecular weight excluding hydrogens is 507 g/mol. The molecule has 2 aromatic carbocycles. The molecule has 1 fully saturated rings. The topological polar surface area (TPSA) is 87.3 Å². The lowest BCUT2D eigenvalue weighted by Crippen LogP contribution is -2.37. The van der Waals surface area contributed by atoms with Crippen LogP contribution < -0.4 is 5.32 Å². The molecule has 2 heterocycles. The molecular formula is C23H25IN4O3. The summed E-state index contributed by atoms with van der Waals surface area (Å²) in [5, 5.41) is 2.73. The summed E-state index contributed by atoms with van der Waals surface area (Å²) < 4.78 is 6.44. The van der Waals surface area contributed by atoms with Crippen molar-refractivity contribution in [2.45, 2.75) is 19.3 Å². The van der Waals surface area contributed by atoms with Gasteiger partial charge in [-0.1, -0.05) is 12.1 Å². The number of H-pyrrole nitrogens is 1. The van der Waals surface area contributed by atoms with Crippen molar-refractivity contribution < 1.29 is 14.3 Å². The van der Waals surface area contributed by atoms with Crippen molar-refractivity contribution >= 4 is 51.2 Å². The van der Waals surface area contributed by atoms with E-state index in [1.165, 1.54) is 0 Å². The van der Waals surface area contributed by atoms with Gasteiger partial charge in [-0.05, 0) is 85.3 Å². The fraction of sp³-hybridized carbons (Fsp3) is 0.348. The second-order valence-corrected chi connectivity index (χ2v) is 8.98. The van der Waals surface area contributed by atoms with Gasteiger partial charge in [0.05, 0.1) is 24.0 Å². The van der Waals surface area contributed by atoms with Gasteiger partial charge in [-0.2, -0.15) is 0 Å². The van der Waals surface area contributed by atoms with Crippen LogP contribution in [0.5, 0.6) is 0 Å². The smallest absolute Gasteiger partial charge is 0.411 e. The van der Waals surface area contributed by atoms with E-state index in [1.54, 1.807) is 12.4 Å². The minimum Gasteiger partial charge on any atom is -0.449 e. The molecule has 2 N–H and O–H groups in total. The molecule has 0 radical (unpaired) electrons. The second kappa shape index (κ2) is 10.2. The number of fused-ring (bicyclic) bond motifs is 1. The Morgan fingerprint density at radius 2 is 1.94 bits per heavy atom. The average molecular weight is 532 g/mol. The van der Waals surface area contributed by atoms with Crippen molar-refractivity contribution in [1.82, 2.24) is 14.9 Å². The minimum absolute atomic E-state index is 0.102. The standard InChI is InChI=1S/C23H25IN4O3/c24-18-4-2-16(3-5-18)22(29)17-8-11-28(12-9-17)10-1-13-31-23(30)27-19-6-7-20-21(14-19)26-15-25-20/h2-7,14-15,17H,1,8-13H2,(H,25,26)(H,27,30). The molecule has 3 aromatic rings. The van der Waals surface area contributed by atoms with E-state index < -0.39 is 6.09 Å². The number of anilines is 1. The molecule has 1 aliphatic heterocycles. The number of hydrogen-bond donors (Lipinski definition) is 2. The number of amides is 1. The number of imidazole rings is 1. The van der Waals surface area contributed by atoms with Crippen LogP contribution in [0.4, 0.5) is 10.5 Å². The average Bonchev–Trinajstić information content (AvgIpc) is 3.25. The Morgan fingerprint density at radius 1 is 1.16 bits per heavy atom. The number of nitrogens with zero attached hydrogens (tertiary/aromatic N) is 2. The van der Waals surface area contributed by atoms with Crippen molar-refractivity contribution in [2.75, 3.05) is 31.6 Å². The van der Waals surface area contributed by atoms with Crippen LogP contribution in [0.2, 0.25) is 0 Å². The zero-order valence-electron chi connectivity index (χ0n) is 17.1. The van der Waals surface area contributed by atoms with E-state index in [1.807, 2.05) is 36.4 Å². The van der Waals surface area contributed by atoms with Crippen LogP contribution in [0.3, 0.4) is 0 Å². The Bertz CT molecular complexity index is 1040. The monoisotopic (exact) mass is 532 g/mol. The summed E-state index contributed by atoms with van der Waals surface area (Å²) in [5.41, 5.74) is 3.18. The van der Waals surface area contributed by atoms with Crippen molar-refractivity contribution in [3.8, 4) is 0 Å². The van der Waals surface area contributed by atoms with Crippen molar-refractivity contribution in [1.29, 1.82) is 0 Å². The predicted octanol–water partition coefficient (Wildman–Crippen LogP) is 4.70. The first kappa shape index (κ1) is 21.8. The van der Waals surface area contributed by atoms with Gasteiger partial charge in [-0.15, -0.1) is 0 Å². The number of aromatic amines is 1. The lowest BCUT2D eigenvalue weighted by molar-refractivity contribution is 0.0830. The highest BCUT2D eigenvalue weighted by Crippen LogP contribution is 2.22. The highest BCUT2D eigenvalue weighted by atomic mass is 127. The second-order valence-electron chi connectivity index (χ2n) is 7.74. The number of rotatable bonds is 7. The van der Waals surface area contributed by atoms with E-state index in [0.29, 0.717) is 12.3 Å². The van der Waals surface area contributed by atoms with Gasteiger partial charge in [-0.25, -0.2) is 9.78 Å². The molecule has 0 aliphatic carbocycles. The zero-order valence-corrected chi connectivity index (χ0v) is 19.3. The van der Waals surface area contributed by atoms with Gasteiger partial charge in [0.25, 0.3) is 0 Å². The molecule has 1 amide bonds. The van der Waals surface area contributed by atoms with E-state index in [9.17, 15) is 9.59 Å². The normalized spacial score (nSPS) is 15.1. The lowest BCUT2D eigenvalue weighted by atomic mass is 9.89. The summed E-state index contributed by atoms with van der Waals surface area (Å²) in [6.07, 6.45) is 3.68. The molecule has 1 aromatic heterocycles. The molecule has 0 spiro atoms. The van der Waals surface area contributed by atoms with Gasteiger partial charge in [0.1, 0.15) is 0 Å². The lowest BCUT2D eigenvalue weighted by Gasteiger charge is -2.31. The van der Waals surface area contributed by atoms with Gasteiger partial charge >= 0.3 is 6.09 Å². The van der Waals surface area contributed by atoms with Gasteiger partial charge in [-0.3, -0.25) is 10.1 Å². The molecule has 1 aliphatic rings. The van der Waals surface area contributed by atoms with Crippen LogP contribution in [0.15, 0.2) is 48.8 Å². The molecule has 31 heavy (non-hydrogen) atoms. The number of ketones is 1. The number of carbonyl (C=O) groups excluding carboxylic acids is 2. The number of benzene rings is 2. The molecule has 0 saturated carbocycles. The molecule has 0 bridgehead atoms. The van der Waals surface area contributed by atoms with E-state index in [-0.39, 0.29) is 11.7 Å². The molecule has 4 rings (SSSR count). The number of halogens is 1. The van der Waals surface area contributed by atoms with Crippen LogP contribution in [-0.2, 0) is 4.74 Å². The number of hydrogen-bond acceptors (Lipinski definition) is 5. The summed E-state index contributed by atoms with van der Waals surface area (Å²) in [7, 11) is 0. The van der Waals surface area contributed by atoms with Crippen molar-refractivity contribution in [3.05, 3.63) is 57.9 Å². The fourth-order valence-electron chi connectivity index (χ4n) is 3.89. The van der Waals surface area contributed by atoms with E-state index in [0.717, 1.165) is 59.1 Å². The van der Waals surface area contributed by atoms with E-state index in [4.69, 9.17) is 4.74 Å². The first-order valence-electron chi connectivity index (χ1n) is 10.5. The summed E-state index contributed by atoms with van der Waals surface area (Å²) in [6, 6.07) is 13.3. The van der Waals surface area contributed by atoms with Crippen molar-refractivity contribution in [2.24, 2.45) is 5.92 Å². The van der Waals surface area contributed by atoms with Gasteiger partial charge in [0.15, 0.2) is 5.78 Å². The Labute approximate surface area is 194 Å². The number of aromatic nitrogens is 2. The van der Waals surface area contributed by atoms with E-state index in [2.05, 4.69) is 42.8 Å².